The van der Waals surface area contributed by atoms with Gasteiger partial charge in [0.2, 0.25) is 5.91 Å². The molecule has 1 amide bonds. The molecule has 0 bridgehead atoms. The van der Waals surface area contributed by atoms with Crippen LogP contribution in [0.3, 0.4) is 0 Å². The van der Waals surface area contributed by atoms with Gasteiger partial charge in [-0.3, -0.25) is 4.79 Å². The molecule has 2 heterocycles. The van der Waals surface area contributed by atoms with Crippen LogP contribution in [0.2, 0.25) is 0 Å². The van der Waals surface area contributed by atoms with Gasteiger partial charge in [-0.05, 0) is 13.3 Å². The molecule has 0 spiro atoms. The molecule has 0 fully saturated rings. The zero-order valence-electron chi connectivity index (χ0n) is 8.87. The molecule has 0 aromatic carbocycles. The van der Waals surface area contributed by atoms with Crippen molar-refractivity contribution in [1.29, 1.82) is 0 Å². The highest BCUT2D eigenvalue weighted by Crippen LogP contribution is 2.26. The first-order valence-electron chi connectivity index (χ1n) is 4.91. The fourth-order valence-corrected chi connectivity index (χ4v) is 2.02. The number of amides is 1. The van der Waals surface area contributed by atoms with Crippen molar-refractivity contribution < 1.29 is 4.79 Å². The van der Waals surface area contributed by atoms with Crippen LogP contribution in [0.1, 0.15) is 24.9 Å². The van der Waals surface area contributed by atoms with Gasteiger partial charge < -0.3 is 9.47 Å². The number of fused-ring (bicyclic) bond motifs is 1. The van der Waals surface area contributed by atoms with E-state index in [0.29, 0.717) is 0 Å². The van der Waals surface area contributed by atoms with Crippen LogP contribution < -0.4 is 4.90 Å². The van der Waals surface area contributed by atoms with Gasteiger partial charge in [-0.15, -0.1) is 0 Å². The lowest BCUT2D eigenvalue weighted by molar-refractivity contribution is -0.116. The first-order chi connectivity index (χ1) is 6.61. The summed E-state index contributed by atoms with van der Waals surface area (Å²) in [4.78, 5) is 17.4. The smallest absolute Gasteiger partial charge is 0.224 e. The molecule has 1 aromatic heterocycles. The van der Waals surface area contributed by atoms with E-state index in [1.54, 1.807) is 18.9 Å². The minimum absolute atomic E-state index is 0.0581. The molecule has 1 aliphatic heterocycles. The molecule has 0 unspecified atom stereocenters. The number of nitrogens with zero attached hydrogens (tertiary/aromatic N) is 3. The van der Waals surface area contributed by atoms with Gasteiger partial charge in [-0.1, -0.05) is 0 Å². The number of carbonyl (C=O) groups is 1. The lowest BCUT2D eigenvalue weighted by atomic mass is 10.3. The summed E-state index contributed by atoms with van der Waals surface area (Å²) in [5, 5.41) is 0. The van der Waals surface area contributed by atoms with Gasteiger partial charge >= 0.3 is 0 Å². The molecule has 2 rings (SSSR count). The highest BCUT2D eigenvalue weighted by atomic mass is 16.2. The second-order valence-electron chi connectivity index (χ2n) is 3.77. The van der Waals surface area contributed by atoms with E-state index < -0.39 is 0 Å². The lowest BCUT2D eigenvalue weighted by Gasteiger charge is -2.17. The Morgan fingerprint density at radius 1 is 1.57 bits per heavy atom. The first kappa shape index (κ1) is 9.24. The third-order valence-electron chi connectivity index (χ3n) is 2.76. The molecule has 1 aliphatic rings. The Kier molecular flexibility index (Phi) is 2.06. The van der Waals surface area contributed by atoms with E-state index in [0.717, 1.165) is 36.7 Å². The molecule has 4 nitrogen and oxygen atoms in total. The van der Waals surface area contributed by atoms with Crippen LogP contribution in [0.25, 0.3) is 0 Å². The largest absolute Gasteiger partial charge is 0.314 e. The molecule has 0 saturated heterocycles. The second-order valence-corrected chi connectivity index (χ2v) is 3.77. The fourth-order valence-electron chi connectivity index (χ4n) is 2.02. The maximum Gasteiger partial charge on any atom is 0.224 e. The predicted octanol–water partition coefficient (Wildman–Crippen LogP) is 1.12. The zero-order chi connectivity index (χ0) is 10.3. The molecular formula is C10H15N3O. The Labute approximate surface area is 83.5 Å². The van der Waals surface area contributed by atoms with Crippen LogP contribution >= 0.6 is 0 Å². The van der Waals surface area contributed by atoms with E-state index in [-0.39, 0.29) is 5.91 Å². The van der Waals surface area contributed by atoms with Crippen LogP contribution in [0.5, 0.6) is 0 Å². The molecular weight excluding hydrogens is 178 g/mol. The molecule has 1 aromatic rings. The van der Waals surface area contributed by atoms with Crippen LogP contribution in [0.15, 0.2) is 0 Å². The number of hydrogen-bond donors (Lipinski definition) is 0. The summed E-state index contributed by atoms with van der Waals surface area (Å²) in [5.41, 5.74) is 0.956. The summed E-state index contributed by atoms with van der Waals surface area (Å²) < 4.78 is 2.15. The summed E-state index contributed by atoms with van der Waals surface area (Å²) >= 11 is 0. The SMILES string of the molecule is CC(=O)N(C)c1c(C)nc2n1CCC2. The van der Waals surface area contributed by atoms with E-state index in [1.165, 1.54) is 0 Å². The van der Waals surface area contributed by atoms with Gasteiger partial charge in [0.1, 0.15) is 11.6 Å². The minimum Gasteiger partial charge on any atom is -0.314 e. The Hall–Kier alpha value is -1.32. The second kappa shape index (κ2) is 3.12. The number of aryl methyl sites for hydroxylation is 2. The van der Waals surface area contributed by atoms with Crippen molar-refractivity contribution in [3.63, 3.8) is 0 Å². The van der Waals surface area contributed by atoms with Gasteiger partial charge in [0.05, 0.1) is 5.69 Å². The van der Waals surface area contributed by atoms with E-state index in [9.17, 15) is 4.79 Å². The number of anilines is 1. The van der Waals surface area contributed by atoms with Gasteiger partial charge in [-0.2, -0.15) is 0 Å². The van der Waals surface area contributed by atoms with Crippen molar-refractivity contribution in [2.24, 2.45) is 0 Å². The van der Waals surface area contributed by atoms with Crippen molar-refractivity contribution in [3.05, 3.63) is 11.5 Å². The average molecular weight is 193 g/mol. The number of aromatic nitrogens is 2. The molecule has 0 N–H and O–H groups in total. The van der Waals surface area contributed by atoms with Gasteiger partial charge in [0.15, 0.2) is 0 Å². The number of hydrogen-bond acceptors (Lipinski definition) is 2. The zero-order valence-corrected chi connectivity index (χ0v) is 8.87. The Bertz CT molecular complexity index is 381. The van der Waals surface area contributed by atoms with Crippen LogP contribution in [0.4, 0.5) is 5.82 Å². The molecule has 4 heteroatoms. The average Bonchev–Trinajstić information content (AvgIpc) is 2.62. The summed E-state index contributed by atoms with van der Waals surface area (Å²) in [7, 11) is 1.80. The third-order valence-corrected chi connectivity index (χ3v) is 2.76. The normalized spacial score (nSPS) is 14.2. The van der Waals surface area contributed by atoms with Crippen molar-refractivity contribution in [2.45, 2.75) is 33.2 Å². The van der Waals surface area contributed by atoms with Crippen LogP contribution in [0, 0.1) is 6.92 Å². The fraction of sp³-hybridized carbons (Fsp3) is 0.600. The van der Waals surface area contributed by atoms with Crippen molar-refractivity contribution in [3.8, 4) is 0 Å². The lowest BCUT2D eigenvalue weighted by Crippen LogP contribution is -2.26. The number of carbonyl (C=O) groups excluding carboxylic acids is 1. The molecule has 0 aliphatic carbocycles. The standard InChI is InChI=1S/C10H15N3O/c1-7-10(12(3)8(2)14)13-6-4-5-9(13)11-7/h4-6H2,1-3H3. The van der Waals surface area contributed by atoms with E-state index in [1.807, 2.05) is 6.92 Å². The molecule has 14 heavy (non-hydrogen) atoms. The van der Waals surface area contributed by atoms with E-state index in [2.05, 4.69) is 9.55 Å². The van der Waals surface area contributed by atoms with Crippen molar-refractivity contribution in [1.82, 2.24) is 9.55 Å². The highest BCUT2D eigenvalue weighted by molar-refractivity contribution is 5.90. The maximum absolute atomic E-state index is 11.3. The van der Waals surface area contributed by atoms with Gasteiger partial charge in [0.25, 0.3) is 0 Å². The summed E-state index contributed by atoms with van der Waals surface area (Å²) in [6, 6.07) is 0. The third kappa shape index (κ3) is 1.22. The maximum atomic E-state index is 11.3. The summed E-state index contributed by atoms with van der Waals surface area (Å²) in [6.07, 6.45) is 2.17. The summed E-state index contributed by atoms with van der Waals surface area (Å²) in [6.45, 7) is 4.53. The topological polar surface area (TPSA) is 38.1 Å². The Morgan fingerprint density at radius 2 is 2.29 bits per heavy atom. The van der Waals surface area contributed by atoms with E-state index in [4.69, 9.17) is 0 Å². The molecule has 0 radical (unpaired) electrons. The van der Waals surface area contributed by atoms with Gasteiger partial charge in [0, 0.05) is 26.9 Å². The highest BCUT2D eigenvalue weighted by Gasteiger charge is 2.22. The monoisotopic (exact) mass is 193 g/mol. The first-order valence-corrected chi connectivity index (χ1v) is 4.91. The quantitative estimate of drug-likeness (QED) is 0.670. The summed E-state index contributed by atoms with van der Waals surface area (Å²) in [5.74, 6) is 2.14. The molecule has 76 valence electrons. The Balaban J connectivity index is 2.46. The van der Waals surface area contributed by atoms with Crippen molar-refractivity contribution in [2.75, 3.05) is 11.9 Å². The number of imidazole rings is 1. The van der Waals surface area contributed by atoms with E-state index >= 15 is 0 Å². The Morgan fingerprint density at radius 3 is 2.93 bits per heavy atom. The molecule has 0 atom stereocenters. The predicted molar refractivity (Wildman–Crippen MR) is 54.4 cm³/mol. The van der Waals surface area contributed by atoms with Crippen LogP contribution in [-0.4, -0.2) is 22.5 Å². The molecule has 0 saturated carbocycles. The minimum atomic E-state index is 0.0581. The van der Waals surface area contributed by atoms with Gasteiger partial charge in [-0.25, -0.2) is 4.98 Å². The van der Waals surface area contributed by atoms with Crippen molar-refractivity contribution >= 4 is 11.7 Å². The van der Waals surface area contributed by atoms with Crippen LogP contribution in [-0.2, 0) is 17.8 Å². The number of rotatable bonds is 1.